The highest BCUT2D eigenvalue weighted by molar-refractivity contribution is 9.10. The predicted molar refractivity (Wildman–Crippen MR) is 103 cm³/mol. The van der Waals surface area contributed by atoms with E-state index in [0.29, 0.717) is 12.8 Å². The Hall–Kier alpha value is -2.34. The highest BCUT2D eigenvalue weighted by atomic mass is 79.9. The number of methoxy groups -OCH3 is 1. The lowest BCUT2D eigenvalue weighted by atomic mass is 9.93. The summed E-state index contributed by atoms with van der Waals surface area (Å²) < 4.78 is 6.12. The second-order valence-electron chi connectivity index (χ2n) is 6.63. The van der Waals surface area contributed by atoms with Gasteiger partial charge in [0.2, 0.25) is 0 Å². The van der Waals surface area contributed by atoms with Crippen LogP contribution in [-0.4, -0.2) is 29.5 Å². The number of carbonyl (C=O) groups is 2. The van der Waals surface area contributed by atoms with E-state index in [2.05, 4.69) is 21.2 Å². The zero-order valence-corrected chi connectivity index (χ0v) is 16.4. The molecule has 1 fully saturated rings. The fourth-order valence-corrected chi connectivity index (χ4v) is 3.28. The zero-order chi connectivity index (χ0) is 18.7. The zero-order valence-electron chi connectivity index (χ0n) is 14.8. The Bertz CT molecular complexity index is 805. The van der Waals surface area contributed by atoms with Gasteiger partial charge >= 0.3 is 6.03 Å². The number of rotatable bonds is 6. The summed E-state index contributed by atoms with van der Waals surface area (Å²) in [6.07, 6.45) is 1.24. The van der Waals surface area contributed by atoms with Crippen molar-refractivity contribution in [3.8, 4) is 5.75 Å². The summed E-state index contributed by atoms with van der Waals surface area (Å²) in [6, 6.07) is 15.0. The summed E-state index contributed by atoms with van der Waals surface area (Å²) in [4.78, 5) is 26.5. The number of nitrogens with zero attached hydrogens (tertiary/aromatic N) is 1. The molecule has 1 aliphatic rings. The van der Waals surface area contributed by atoms with Gasteiger partial charge in [0.15, 0.2) is 0 Å². The average molecular weight is 417 g/mol. The highest BCUT2D eigenvalue weighted by Gasteiger charge is 2.47. The summed E-state index contributed by atoms with van der Waals surface area (Å²) in [7, 11) is 1.63. The number of hydrogen-bond acceptors (Lipinski definition) is 3. The number of amides is 3. The largest absolute Gasteiger partial charge is 0.497 e. The number of nitrogens with one attached hydrogen (secondary N) is 1. The molecule has 0 saturated carbocycles. The van der Waals surface area contributed by atoms with Gasteiger partial charge in [-0.15, -0.1) is 0 Å². The number of urea groups is 1. The summed E-state index contributed by atoms with van der Waals surface area (Å²) in [6.45, 7) is 2.06. The molecule has 5 nitrogen and oxygen atoms in total. The van der Waals surface area contributed by atoms with Crippen molar-refractivity contribution >= 4 is 27.9 Å². The Morgan fingerprint density at radius 1 is 1.04 bits per heavy atom. The number of ether oxygens (including phenoxy) is 1. The molecule has 0 aliphatic carbocycles. The maximum Gasteiger partial charge on any atom is 0.325 e. The molecule has 6 heteroatoms. The molecule has 0 bridgehead atoms. The molecule has 2 aromatic rings. The lowest BCUT2D eigenvalue weighted by Gasteiger charge is -2.21. The third-order valence-electron chi connectivity index (χ3n) is 4.67. The minimum absolute atomic E-state index is 0.182. The van der Waals surface area contributed by atoms with Crippen LogP contribution in [0.15, 0.2) is 53.0 Å². The molecule has 1 unspecified atom stereocenters. The van der Waals surface area contributed by atoms with Crippen LogP contribution in [0, 0.1) is 0 Å². The fraction of sp³-hybridized carbons (Fsp3) is 0.300. The first kappa shape index (κ1) is 18.5. The number of hydrogen-bond donors (Lipinski definition) is 1. The molecule has 1 N–H and O–H groups in total. The molecule has 0 aromatic heterocycles. The maximum absolute atomic E-state index is 12.8. The first-order chi connectivity index (χ1) is 12.4. The van der Waals surface area contributed by atoms with Gasteiger partial charge in [0.25, 0.3) is 5.91 Å². The Balaban J connectivity index is 1.66. The van der Waals surface area contributed by atoms with Crippen molar-refractivity contribution in [2.75, 3.05) is 7.11 Å². The molecular weight excluding hydrogens is 396 g/mol. The third kappa shape index (κ3) is 3.90. The lowest BCUT2D eigenvalue weighted by molar-refractivity contribution is -0.131. The first-order valence-electron chi connectivity index (χ1n) is 8.43. The van der Waals surface area contributed by atoms with Gasteiger partial charge in [-0.1, -0.05) is 40.2 Å². The van der Waals surface area contributed by atoms with Gasteiger partial charge in [-0.2, -0.15) is 0 Å². The van der Waals surface area contributed by atoms with Crippen LogP contribution >= 0.6 is 15.9 Å². The smallest absolute Gasteiger partial charge is 0.325 e. The van der Waals surface area contributed by atoms with Gasteiger partial charge in [-0.25, -0.2) is 4.79 Å². The summed E-state index contributed by atoms with van der Waals surface area (Å²) in [5.74, 6) is 0.616. The van der Waals surface area contributed by atoms with Crippen molar-refractivity contribution in [3.63, 3.8) is 0 Å². The van der Waals surface area contributed by atoms with E-state index in [9.17, 15) is 9.59 Å². The summed E-state index contributed by atoms with van der Waals surface area (Å²) >= 11 is 3.38. The van der Waals surface area contributed by atoms with Gasteiger partial charge in [0, 0.05) is 4.47 Å². The molecule has 3 amide bonds. The van der Waals surface area contributed by atoms with Crippen molar-refractivity contribution in [2.24, 2.45) is 0 Å². The van der Waals surface area contributed by atoms with Crippen molar-refractivity contribution < 1.29 is 14.3 Å². The van der Waals surface area contributed by atoms with Gasteiger partial charge in [0.05, 0.1) is 13.7 Å². The number of benzene rings is 2. The lowest BCUT2D eigenvalue weighted by Crippen LogP contribution is -2.44. The predicted octanol–water partition coefficient (Wildman–Crippen LogP) is 3.90. The van der Waals surface area contributed by atoms with Crippen LogP contribution in [0.4, 0.5) is 4.79 Å². The van der Waals surface area contributed by atoms with E-state index in [1.165, 1.54) is 4.90 Å². The number of imide groups is 1. The van der Waals surface area contributed by atoms with Crippen molar-refractivity contribution in [2.45, 2.75) is 31.8 Å². The van der Waals surface area contributed by atoms with Crippen LogP contribution in [-0.2, 0) is 17.8 Å². The van der Waals surface area contributed by atoms with Crippen LogP contribution in [0.5, 0.6) is 5.75 Å². The van der Waals surface area contributed by atoms with Crippen molar-refractivity contribution in [1.29, 1.82) is 0 Å². The maximum atomic E-state index is 12.8. The second-order valence-corrected chi connectivity index (χ2v) is 7.54. The van der Waals surface area contributed by atoms with E-state index in [1.807, 2.05) is 48.5 Å². The monoisotopic (exact) mass is 416 g/mol. The number of aryl methyl sites for hydroxylation is 1. The van der Waals surface area contributed by atoms with Crippen molar-refractivity contribution in [3.05, 3.63) is 64.1 Å². The highest BCUT2D eigenvalue weighted by Crippen LogP contribution is 2.25. The summed E-state index contributed by atoms with van der Waals surface area (Å²) in [5, 5.41) is 2.86. The molecule has 1 saturated heterocycles. The topological polar surface area (TPSA) is 58.6 Å². The molecule has 26 heavy (non-hydrogen) atoms. The fourth-order valence-electron chi connectivity index (χ4n) is 3.02. The molecule has 136 valence electrons. The van der Waals surface area contributed by atoms with Crippen LogP contribution in [0.1, 0.15) is 24.5 Å². The van der Waals surface area contributed by atoms with Crippen molar-refractivity contribution in [1.82, 2.24) is 10.2 Å². The standard InChI is InChI=1S/C20H21BrN2O3/c1-20(12-11-14-5-9-17(26-2)10-6-14)18(24)23(19(25)22-20)13-15-3-7-16(21)8-4-15/h3-10H,11-13H2,1-2H3,(H,22,25). The first-order valence-corrected chi connectivity index (χ1v) is 9.22. The third-order valence-corrected chi connectivity index (χ3v) is 5.20. The molecule has 0 spiro atoms. The van der Waals surface area contributed by atoms with E-state index < -0.39 is 5.54 Å². The molecule has 2 aromatic carbocycles. The number of halogens is 1. The molecule has 3 rings (SSSR count). The van der Waals surface area contributed by atoms with Gasteiger partial charge in [0.1, 0.15) is 11.3 Å². The second kappa shape index (κ2) is 7.50. The van der Waals surface area contributed by atoms with Gasteiger partial charge in [-0.3, -0.25) is 9.69 Å². The Kier molecular flexibility index (Phi) is 5.32. The quantitative estimate of drug-likeness (QED) is 0.726. The molecule has 1 atom stereocenters. The SMILES string of the molecule is COc1ccc(CCC2(C)NC(=O)N(Cc3ccc(Br)cc3)C2=O)cc1. The Morgan fingerprint density at radius 2 is 1.65 bits per heavy atom. The van der Waals surface area contributed by atoms with Gasteiger partial charge < -0.3 is 10.1 Å². The van der Waals surface area contributed by atoms with Crippen LogP contribution < -0.4 is 10.1 Å². The summed E-state index contributed by atoms with van der Waals surface area (Å²) in [5.41, 5.74) is 1.13. The van der Waals surface area contributed by atoms with E-state index >= 15 is 0 Å². The normalized spacial score (nSPS) is 19.6. The molecule has 0 radical (unpaired) electrons. The van der Waals surface area contributed by atoms with Gasteiger partial charge in [-0.05, 0) is 55.2 Å². The molecule has 1 aliphatic heterocycles. The minimum atomic E-state index is -0.883. The average Bonchev–Trinajstić information content (AvgIpc) is 2.86. The van der Waals surface area contributed by atoms with E-state index in [-0.39, 0.29) is 18.5 Å². The van der Waals surface area contributed by atoms with E-state index in [4.69, 9.17) is 4.74 Å². The van der Waals surface area contributed by atoms with Crippen LogP contribution in [0.2, 0.25) is 0 Å². The van der Waals surface area contributed by atoms with E-state index in [1.54, 1.807) is 14.0 Å². The molecular formula is C20H21BrN2O3. The minimum Gasteiger partial charge on any atom is -0.497 e. The number of carbonyl (C=O) groups excluding carboxylic acids is 2. The van der Waals surface area contributed by atoms with Crippen LogP contribution in [0.3, 0.4) is 0 Å². The Morgan fingerprint density at radius 3 is 2.27 bits per heavy atom. The van der Waals surface area contributed by atoms with Crippen LogP contribution in [0.25, 0.3) is 0 Å². The van der Waals surface area contributed by atoms with E-state index in [0.717, 1.165) is 21.3 Å². The molecule has 1 heterocycles. The Labute approximate surface area is 161 Å².